The first-order valence-corrected chi connectivity index (χ1v) is 0.651. The molecular formula is CH7ClMg2O3. The molecule has 0 saturated heterocycles. The van der Waals surface area contributed by atoms with E-state index in [0.717, 1.165) is 0 Å². The number of halogens is 1. The average molecular weight is 151 g/mol. The van der Waals surface area contributed by atoms with Crippen molar-refractivity contribution in [1.82, 2.24) is 0 Å². The van der Waals surface area contributed by atoms with Crippen molar-refractivity contribution in [2.75, 3.05) is 0 Å². The van der Waals surface area contributed by atoms with Crippen LogP contribution in [0.5, 0.6) is 0 Å². The van der Waals surface area contributed by atoms with E-state index in [1.807, 2.05) is 0 Å². The van der Waals surface area contributed by atoms with Gasteiger partial charge in [-0.05, 0) is 0 Å². The second-order valence-corrected chi connectivity index (χ2v) is 0.283. The highest BCUT2D eigenvalue weighted by molar-refractivity contribution is 5.85. The highest BCUT2D eigenvalue weighted by Crippen LogP contribution is 1.42. The normalized spacial score (nSPS) is 3.43. The van der Waals surface area contributed by atoms with Gasteiger partial charge in [0, 0.05) is 0 Å². The van der Waals surface area contributed by atoms with Crippen LogP contribution < -0.4 is 0 Å². The molecule has 0 atom stereocenters. The van der Waals surface area contributed by atoms with Gasteiger partial charge in [0.2, 0.25) is 0 Å². The summed E-state index contributed by atoms with van der Waals surface area (Å²) >= 11 is 0. The van der Waals surface area contributed by atoms with Gasteiger partial charge in [0.1, 0.15) is 0 Å². The molecule has 3 nitrogen and oxygen atoms in total. The van der Waals surface area contributed by atoms with Crippen LogP contribution in [0.3, 0.4) is 0 Å². The van der Waals surface area contributed by atoms with Crippen molar-refractivity contribution in [2.24, 2.45) is 0 Å². The summed E-state index contributed by atoms with van der Waals surface area (Å²) in [5.74, 6) is 0. The lowest BCUT2D eigenvalue weighted by Gasteiger charge is -1.60. The van der Waals surface area contributed by atoms with Crippen molar-refractivity contribution in [3.63, 3.8) is 0 Å². The van der Waals surface area contributed by atoms with Gasteiger partial charge in [-0.3, -0.25) is 0 Å². The van der Waals surface area contributed by atoms with E-state index in [2.05, 4.69) is 0 Å². The van der Waals surface area contributed by atoms with Gasteiger partial charge >= 0.3 is 52.3 Å². The largest absolute Gasteiger partial charge is 0.503 e. The summed E-state index contributed by atoms with van der Waals surface area (Å²) in [7, 11) is 0. The Balaban J connectivity index is -0.0000000150. The van der Waals surface area contributed by atoms with Gasteiger partial charge in [0.15, 0.2) is 0 Å². The Labute approximate surface area is 79.2 Å². The Morgan fingerprint density at radius 3 is 1.14 bits per heavy atom. The molecule has 40 valence electrons. The van der Waals surface area contributed by atoms with Gasteiger partial charge in [-0.25, -0.2) is 4.79 Å². The van der Waals surface area contributed by atoms with Crippen LogP contribution in [0.1, 0.15) is 0 Å². The van der Waals surface area contributed by atoms with E-state index in [0.29, 0.717) is 0 Å². The molecule has 7 heavy (non-hydrogen) atoms. The van der Waals surface area contributed by atoms with E-state index >= 15 is 0 Å². The summed E-state index contributed by atoms with van der Waals surface area (Å²) in [4.78, 5) is 8.56. The fraction of sp³-hybridized carbons (Fsp3) is 0. The highest BCUT2D eigenvalue weighted by atomic mass is 35.5. The van der Waals surface area contributed by atoms with Gasteiger partial charge in [0.25, 0.3) is 0 Å². The molecule has 2 N–H and O–H groups in total. The SMILES string of the molecule is Cl.O=C(O)O.[MgH2].[MgH2]. The first-order valence-electron chi connectivity index (χ1n) is 0.651. The lowest BCUT2D eigenvalue weighted by Crippen LogP contribution is -1.81. The van der Waals surface area contributed by atoms with Crippen molar-refractivity contribution in [3.05, 3.63) is 0 Å². The molecule has 0 saturated carbocycles. The summed E-state index contributed by atoms with van der Waals surface area (Å²) in [5.41, 5.74) is 0. The zero-order chi connectivity index (χ0) is 3.58. The van der Waals surface area contributed by atoms with Crippen LogP contribution in [-0.4, -0.2) is 62.5 Å². The van der Waals surface area contributed by atoms with Crippen LogP contribution in [0.4, 0.5) is 4.79 Å². The molecular weight excluding hydrogens is 144 g/mol. The van der Waals surface area contributed by atoms with E-state index in [4.69, 9.17) is 15.0 Å². The third-order valence-electron chi connectivity index (χ3n) is 0. The Bertz CT molecular complexity index is 35.9. The zero-order valence-corrected chi connectivity index (χ0v) is 3.03. The molecule has 0 aliphatic rings. The lowest BCUT2D eigenvalue weighted by molar-refractivity contribution is 0.137. The molecule has 0 aromatic carbocycles. The van der Waals surface area contributed by atoms with E-state index in [9.17, 15) is 0 Å². The van der Waals surface area contributed by atoms with Crippen molar-refractivity contribution in [2.45, 2.75) is 0 Å². The van der Waals surface area contributed by atoms with Gasteiger partial charge in [-0.1, -0.05) is 0 Å². The fourth-order valence-electron chi connectivity index (χ4n) is 0. The zero-order valence-electron chi connectivity index (χ0n) is 2.21. The number of carbonyl (C=O) groups is 1. The summed E-state index contributed by atoms with van der Waals surface area (Å²) in [6, 6.07) is 0. The second kappa shape index (κ2) is 15.7. The van der Waals surface area contributed by atoms with Crippen LogP contribution >= 0.6 is 12.4 Å². The van der Waals surface area contributed by atoms with Crippen LogP contribution in [0.25, 0.3) is 0 Å². The summed E-state index contributed by atoms with van der Waals surface area (Å²) < 4.78 is 0. The van der Waals surface area contributed by atoms with Gasteiger partial charge in [0.05, 0.1) is 0 Å². The van der Waals surface area contributed by atoms with Crippen molar-refractivity contribution in [1.29, 1.82) is 0 Å². The Morgan fingerprint density at radius 1 is 1.14 bits per heavy atom. The van der Waals surface area contributed by atoms with Crippen LogP contribution in [-0.2, 0) is 0 Å². The molecule has 6 heteroatoms. The average Bonchev–Trinajstić information content (AvgIpc) is 0.811. The smallest absolute Gasteiger partial charge is 0.450 e. The lowest BCUT2D eigenvalue weighted by atomic mass is 11.5. The van der Waals surface area contributed by atoms with Gasteiger partial charge in [-0.15, -0.1) is 12.4 Å². The van der Waals surface area contributed by atoms with E-state index in [1.165, 1.54) is 0 Å². The Hall–Kier alpha value is 1.09. The van der Waals surface area contributed by atoms with E-state index in [-0.39, 0.29) is 58.5 Å². The maximum atomic E-state index is 8.56. The topological polar surface area (TPSA) is 57.5 Å². The molecule has 0 amide bonds. The first kappa shape index (κ1) is 24.3. The van der Waals surface area contributed by atoms with Crippen molar-refractivity contribution < 1.29 is 15.0 Å². The summed E-state index contributed by atoms with van der Waals surface area (Å²) in [6.07, 6.45) is -1.83. The van der Waals surface area contributed by atoms with Crippen molar-refractivity contribution >= 4 is 64.7 Å². The maximum absolute atomic E-state index is 8.56. The van der Waals surface area contributed by atoms with E-state index in [1.54, 1.807) is 0 Å². The van der Waals surface area contributed by atoms with Crippen LogP contribution in [0.15, 0.2) is 0 Å². The molecule has 0 aromatic rings. The standard InChI is InChI=1S/CH2O3.ClH.2Mg.4H/c2-1(3)4;;;;;;;/h(H2,2,3,4);1H;;;;;;. The third-order valence-corrected chi connectivity index (χ3v) is 0. The molecule has 0 aliphatic carbocycles. The molecule has 0 rings (SSSR count). The van der Waals surface area contributed by atoms with Gasteiger partial charge < -0.3 is 10.2 Å². The quantitative estimate of drug-likeness (QED) is 0.428. The first-order chi connectivity index (χ1) is 1.73. The maximum Gasteiger partial charge on any atom is 0.503 e. The number of hydrogen-bond donors (Lipinski definition) is 2. The second-order valence-electron chi connectivity index (χ2n) is 0.283. The fourth-order valence-corrected chi connectivity index (χ4v) is 0. The molecule has 0 spiro atoms. The molecule has 0 bridgehead atoms. The van der Waals surface area contributed by atoms with E-state index < -0.39 is 6.16 Å². The minimum Gasteiger partial charge on any atom is -0.450 e. The minimum absolute atomic E-state index is 0. The monoisotopic (exact) mass is 150 g/mol. The molecule has 0 aliphatic heterocycles. The molecule has 0 aromatic heterocycles. The summed E-state index contributed by atoms with van der Waals surface area (Å²) in [6.45, 7) is 0. The Kier molecular flexibility index (Phi) is 54.6. The summed E-state index contributed by atoms with van der Waals surface area (Å²) in [5, 5.41) is 13.9. The molecule has 0 fully saturated rings. The number of rotatable bonds is 0. The predicted octanol–water partition coefficient (Wildman–Crippen LogP) is -1.19. The minimum atomic E-state index is -1.83. The molecule has 0 heterocycles. The third kappa shape index (κ3) is 154. The predicted molar refractivity (Wildman–Crippen MR) is 35.0 cm³/mol. The van der Waals surface area contributed by atoms with Gasteiger partial charge in [-0.2, -0.15) is 0 Å². The van der Waals surface area contributed by atoms with Crippen LogP contribution in [0.2, 0.25) is 0 Å². The Morgan fingerprint density at radius 2 is 1.14 bits per heavy atom. The highest BCUT2D eigenvalue weighted by Gasteiger charge is 1.70. The van der Waals surface area contributed by atoms with Crippen molar-refractivity contribution in [3.8, 4) is 0 Å². The number of carboxylic acid groups (broad SMARTS) is 2. The number of hydrogen-bond acceptors (Lipinski definition) is 1. The molecule has 0 unspecified atom stereocenters. The van der Waals surface area contributed by atoms with Crippen LogP contribution in [0, 0.1) is 0 Å². The molecule has 0 radical (unpaired) electrons.